The summed E-state index contributed by atoms with van der Waals surface area (Å²) in [5, 5.41) is 12.2. The number of benzene rings is 3. The van der Waals surface area contributed by atoms with Crippen molar-refractivity contribution in [2.24, 2.45) is 0 Å². The van der Waals surface area contributed by atoms with E-state index < -0.39 is 8.53 Å². The summed E-state index contributed by atoms with van der Waals surface area (Å²) >= 11 is 27.1. The maximum absolute atomic E-state index is 9.20. The van der Waals surface area contributed by atoms with E-state index in [0.29, 0.717) is 53.6 Å². The van der Waals surface area contributed by atoms with Gasteiger partial charge in [0.1, 0.15) is 29.8 Å². The number of ether oxygens (including phenoxy) is 1. The summed E-state index contributed by atoms with van der Waals surface area (Å²) in [4.78, 5) is 0. The zero-order chi connectivity index (χ0) is 41.0. The molecule has 0 saturated carbocycles. The predicted octanol–water partition coefficient (Wildman–Crippen LogP) is 11.4. The minimum Gasteiger partial charge on any atom is -0.456 e. The lowest BCUT2D eigenvalue weighted by molar-refractivity contribution is 0.171. The molecule has 0 aromatic heterocycles. The Bertz CT molecular complexity index is 2310. The summed E-state index contributed by atoms with van der Waals surface area (Å²) in [6.07, 6.45) is 4.97. The molecule has 3 aliphatic heterocycles. The molecule has 0 N–H and O–H groups in total. The fraction of sp³-hybridized carbons (Fsp3) is 0.455. The van der Waals surface area contributed by atoms with E-state index >= 15 is 0 Å². The fourth-order valence-electron chi connectivity index (χ4n) is 8.51. The summed E-state index contributed by atoms with van der Waals surface area (Å²) < 4.78 is 25.2. The summed E-state index contributed by atoms with van der Waals surface area (Å²) in [6, 6.07) is 13.5. The van der Waals surface area contributed by atoms with Crippen LogP contribution in [0.25, 0.3) is 16.7 Å². The molecule has 0 radical (unpaired) electrons. The second-order valence-electron chi connectivity index (χ2n) is 16.2. The number of halogens is 4. The molecule has 0 fully saturated rings. The van der Waals surface area contributed by atoms with E-state index in [0.717, 1.165) is 49.6 Å². The van der Waals surface area contributed by atoms with Gasteiger partial charge in [0, 0.05) is 65.0 Å². The summed E-state index contributed by atoms with van der Waals surface area (Å²) in [6.45, 7) is 24.1. The van der Waals surface area contributed by atoms with Gasteiger partial charge >= 0.3 is 0 Å². The molecule has 0 spiro atoms. The van der Waals surface area contributed by atoms with Gasteiger partial charge < -0.3 is 13.8 Å². The van der Waals surface area contributed by atoms with Crippen LogP contribution in [0.3, 0.4) is 0 Å². The molecule has 56 heavy (non-hydrogen) atoms. The number of hydrogen-bond acceptors (Lipinski definition) is 5. The minimum atomic E-state index is -1.39. The second-order valence-corrected chi connectivity index (χ2v) is 19.2. The predicted molar refractivity (Wildman–Crippen MR) is 237 cm³/mol. The third-order valence-corrected chi connectivity index (χ3v) is 15.4. The topological polar surface area (TPSA) is 57.7 Å². The quantitative estimate of drug-likeness (QED) is 0.0355. The maximum atomic E-state index is 9.20. The highest BCUT2D eigenvalue weighted by Gasteiger charge is 2.40. The second kappa shape index (κ2) is 16.6. The number of rotatable bonds is 12. The maximum Gasteiger partial charge on any atom is 0.259 e. The SMILES string of the molecule is CC[N+]1(C)c2cc3c(cc2C(C)=CC1C)C(c1cc(Cl)c(Cl)c(Cl)c1Cl)=c1cc2c(cc1O3)=[N+](CCOP(OCCC#N)N(C(C)C)C(C)C)C(C)(C)C=C2C. The van der Waals surface area contributed by atoms with Crippen molar-refractivity contribution in [1.82, 2.24) is 13.7 Å². The van der Waals surface area contributed by atoms with Crippen LogP contribution in [0.1, 0.15) is 97.9 Å². The molecule has 298 valence electrons. The number of likely N-dealkylation sites (N-methyl/N-ethyl adjacent to an activating group) is 1. The van der Waals surface area contributed by atoms with Crippen LogP contribution in [0.2, 0.25) is 20.1 Å². The number of allylic oxidation sites excluding steroid dienone is 2. The van der Waals surface area contributed by atoms with E-state index in [9.17, 15) is 5.26 Å². The molecular formula is C44H53Cl4N4O3P+2. The number of nitriles is 1. The zero-order valence-electron chi connectivity index (χ0n) is 34.3. The van der Waals surface area contributed by atoms with Crippen LogP contribution in [-0.2, 0) is 9.05 Å². The molecule has 12 heteroatoms. The lowest BCUT2D eigenvalue weighted by Gasteiger charge is -2.42. The van der Waals surface area contributed by atoms with E-state index in [1.807, 2.05) is 6.07 Å². The average Bonchev–Trinajstić information content (AvgIpc) is 3.13. The molecule has 7 nitrogen and oxygen atoms in total. The van der Waals surface area contributed by atoms with Crippen molar-refractivity contribution < 1.29 is 13.8 Å². The summed E-state index contributed by atoms with van der Waals surface area (Å²) in [7, 11) is 0.898. The van der Waals surface area contributed by atoms with Crippen molar-refractivity contribution in [2.45, 2.75) is 99.3 Å². The van der Waals surface area contributed by atoms with E-state index in [-0.39, 0.29) is 27.7 Å². The van der Waals surface area contributed by atoms with E-state index in [4.69, 9.17) is 60.2 Å². The molecule has 0 saturated heterocycles. The van der Waals surface area contributed by atoms with Crippen molar-refractivity contribution in [2.75, 3.05) is 33.4 Å². The van der Waals surface area contributed by atoms with E-state index in [2.05, 4.69) is 128 Å². The number of nitrogens with zero attached hydrogens (tertiary/aromatic N) is 4. The number of fused-ring (bicyclic) bond motifs is 4. The van der Waals surface area contributed by atoms with Gasteiger partial charge in [0.2, 0.25) is 5.36 Å². The normalized spacial score (nSPS) is 20.2. The van der Waals surface area contributed by atoms with Gasteiger partial charge in [-0.2, -0.15) is 5.26 Å². The zero-order valence-corrected chi connectivity index (χ0v) is 38.2. The molecule has 3 aromatic rings. The highest BCUT2D eigenvalue weighted by molar-refractivity contribution is 7.44. The van der Waals surface area contributed by atoms with Crippen LogP contribution in [0.5, 0.6) is 11.5 Å². The smallest absolute Gasteiger partial charge is 0.259 e. The summed E-state index contributed by atoms with van der Waals surface area (Å²) in [5.74, 6) is 1.44. The molecule has 0 amide bonds. The lowest BCUT2D eigenvalue weighted by atomic mass is 9.85. The Morgan fingerprint density at radius 3 is 2.21 bits per heavy atom. The van der Waals surface area contributed by atoms with Gasteiger partial charge in [0.25, 0.3) is 8.53 Å². The first-order valence-corrected chi connectivity index (χ1v) is 22.0. The molecule has 3 unspecified atom stereocenters. The molecule has 3 aliphatic rings. The Hall–Kier alpha value is -2.47. The number of quaternary nitrogens is 1. The molecule has 0 bridgehead atoms. The van der Waals surface area contributed by atoms with Crippen molar-refractivity contribution in [3.05, 3.63) is 95.4 Å². The van der Waals surface area contributed by atoms with Crippen LogP contribution in [-0.4, -0.2) is 61.7 Å². The number of hydrogen-bond donors (Lipinski definition) is 0. The largest absolute Gasteiger partial charge is 0.456 e. The van der Waals surface area contributed by atoms with Crippen molar-refractivity contribution >= 4 is 77.3 Å². The van der Waals surface area contributed by atoms with Crippen molar-refractivity contribution in [3.8, 4) is 17.6 Å². The lowest BCUT2D eigenvalue weighted by Crippen LogP contribution is -2.53. The Balaban J connectivity index is 1.58. The molecule has 3 heterocycles. The van der Waals surface area contributed by atoms with Crippen LogP contribution < -0.4 is 24.4 Å². The monoisotopic (exact) mass is 856 g/mol. The standard InChI is InChI=1S/C44H53Cl4N4O3P/c1-12-52(11)29(8)18-27(6)31-20-33-39(23-37(31)52)55-38-22-36-30(19-32(38)40(33)34-21-35(45)42(47)43(48)41(34)46)28(7)24-44(9,10)50(36)15-17-54-56(53-16-13-14-49)51(25(2)3)26(4)5/h18-26,29H,12-13,15-17H2,1-11H3/q+2. The Morgan fingerprint density at radius 2 is 1.57 bits per heavy atom. The van der Waals surface area contributed by atoms with Gasteiger partial charge in [0.15, 0.2) is 12.1 Å². The molecular weight excluding hydrogens is 805 g/mol. The van der Waals surface area contributed by atoms with Crippen molar-refractivity contribution in [1.29, 1.82) is 5.26 Å². The summed E-state index contributed by atoms with van der Waals surface area (Å²) in [5.41, 5.74) is 7.95. The molecule has 6 rings (SSSR count). The first kappa shape index (κ1) is 43.1. The van der Waals surface area contributed by atoms with Crippen LogP contribution >= 0.6 is 54.9 Å². The van der Waals surface area contributed by atoms with Gasteiger partial charge in [-0.15, -0.1) is 0 Å². The Labute approximate surface area is 353 Å². The Kier molecular flexibility index (Phi) is 12.8. The highest BCUT2D eigenvalue weighted by atomic mass is 35.5. The fourth-order valence-corrected chi connectivity index (χ4v) is 11.0. The van der Waals surface area contributed by atoms with Gasteiger partial charge in [-0.05, 0) is 96.9 Å². The van der Waals surface area contributed by atoms with Gasteiger partial charge in [-0.25, -0.2) is 9.25 Å². The molecule has 3 aromatic carbocycles. The third kappa shape index (κ3) is 7.72. The van der Waals surface area contributed by atoms with Gasteiger partial charge in [-0.3, -0.25) is 4.48 Å². The van der Waals surface area contributed by atoms with Crippen LogP contribution in [0.4, 0.5) is 5.69 Å². The first-order chi connectivity index (χ1) is 26.4. The molecule has 0 aliphatic carbocycles. The minimum absolute atomic E-state index is 0.208. The van der Waals surface area contributed by atoms with E-state index in [1.54, 1.807) is 0 Å². The van der Waals surface area contributed by atoms with Crippen molar-refractivity contribution in [3.63, 3.8) is 0 Å². The highest BCUT2D eigenvalue weighted by Crippen LogP contribution is 2.50. The first-order valence-electron chi connectivity index (χ1n) is 19.3. The van der Waals surface area contributed by atoms with Crippen LogP contribution in [0.15, 0.2) is 42.5 Å². The van der Waals surface area contributed by atoms with Crippen LogP contribution in [0, 0.1) is 11.3 Å². The molecule has 3 atom stereocenters. The average molecular weight is 859 g/mol. The third-order valence-electron chi connectivity index (χ3n) is 11.5. The van der Waals surface area contributed by atoms with E-state index in [1.165, 1.54) is 16.8 Å². The Morgan fingerprint density at radius 1 is 0.893 bits per heavy atom. The van der Waals surface area contributed by atoms with Gasteiger partial charge in [-0.1, -0.05) is 46.4 Å². The van der Waals surface area contributed by atoms with Gasteiger partial charge in [0.05, 0.1) is 58.8 Å².